The molecule has 9 heteroatoms. The molecule has 1 saturated heterocycles. The van der Waals surface area contributed by atoms with Gasteiger partial charge in [0.25, 0.3) is 0 Å². The molecule has 0 aliphatic carbocycles. The molecule has 2 aromatic carbocycles. The number of benzene rings is 2. The third-order valence-electron chi connectivity index (χ3n) is 5.84. The van der Waals surface area contributed by atoms with E-state index < -0.39 is 29.6 Å². The van der Waals surface area contributed by atoms with E-state index in [0.717, 1.165) is 31.5 Å². The minimum absolute atomic E-state index is 0. The molecular formula is C22H24ClF6NO. The van der Waals surface area contributed by atoms with Gasteiger partial charge in [0.2, 0.25) is 0 Å². The largest absolute Gasteiger partial charge is 0.416 e. The zero-order chi connectivity index (χ0) is 22.0. The number of aliphatic hydroxyl groups is 1. The Hall–Kier alpha value is -1.77. The number of rotatable bonds is 5. The van der Waals surface area contributed by atoms with E-state index in [1.54, 1.807) is 0 Å². The summed E-state index contributed by atoms with van der Waals surface area (Å²) in [5.74, 6) is 0. The van der Waals surface area contributed by atoms with Crippen LogP contribution in [0.5, 0.6) is 0 Å². The predicted octanol–water partition coefficient (Wildman–Crippen LogP) is 6.28. The Bertz CT molecular complexity index is 815. The van der Waals surface area contributed by atoms with Gasteiger partial charge in [-0.05, 0) is 73.5 Å². The molecule has 1 fully saturated rings. The Kier molecular flexibility index (Phi) is 8.05. The number of hydrogen-bond donors (Lipinski definition) is 2. The smallest absolute Gasteiger partial charge is 0.388 e. The molecule has 2 aromatic rings. The second-order valence-corrected chi connectivity index (χ2v) is 7.79. The molecule has 1 heterocycles. The zero-order valence-corrected chi connectivity index (χ0v) is 17.4. The highest BCUT2D eigenvalue weighted by molar-refractivity contribution is 5.85. The molecule has 3 rings (SSSR count). The first kappa shape index (κ1) is 25.5. The molecule has 0 spiro atoms. The van der Waals surface area contributed by atoms with Gasteiger partial charge in [-0.3, -0.25) is 0 Å². The first-order chi connectivity index (χ1) is 14.0. The maximum atomic E-state index is 13.1. The Morgan fingerprint density at radius 2 is 1.39 bits per heavy atom. The third-order valence-corrected chi connectivity index (χ3v) is 5.84. The SMILES string of the molecule is Cl.O[C@@H](CCC1(c2ccccc2)CCNCC1)c1cc(C(F)(F)F)cc(C(F)(F)F)c1. The first-order valence-electron chi connectivity index (χ1n) is 9.75. The highest BCUT2D eigenvalue weighted by Gasteiger charge is 2.38. The molecule has 2 nitrogen and oxygen atoms in total. The fourth-order valence-corrected chi connectivity index (χ4v) is 4.13. The topological polar surface area (TPSA) is 32.3 Å². The second kappa shape index (κ2) is 9.79. The summed E-state index contributed by atoms with van der Waals surface area (Å²) in [6.45, 7) is 1.51. The lowest BCUT2D eigenvalue weighted by molar-refractivity contribution is -0.143. The number of aliphatic hydroxyl groups excluding tert-OH is 1. The van der Waals surface area contributed by atoms with Crippen LogP contribution in [0.25, 0.3) is 0 Å². The van der Waals surface area contributed by atoms with Crippen LogP contribution in [0.1, 0.15) is 54.0 Å². The molecule has 1 aliphatic rings. The van der Waals surface area contributed by atoms with E-state index in [2.05, 4.69) is 5.32 Å². The Morgan fingerprint density at radius 3 is 1.87 bits per heavy atom. The number of alkyl halides is 6. The minimum Gasteiger partial charge on any atom is -0.388 e. The quantitative estimate of drug-likeness (QED) is 0.507. The molecule has 0 radical (unpaired) electrons. The molecule has 0 bridgehead atoms. The Balaban J connectivity index is 0.00000341. The van der Waals surface area contributed by atoms with Gasteiger partial charge < -0.3 is 10.4 Å². The molecule has 31 heavy (non-hydrogen) atoms. The highest BCUT2D eigenvalue weighted by atomic mass is 35.5. The van der Waals surface area contributed by atoms with E-state index in [1.165, 1.54) is 0 Å². The van der Waals surface area contributed by atoms with Crippen molar-refractivity contribution >= 4 is 12.4 Å². The van der Waals surface area contributed by atoms with Crippen molar-refractivity contribution in [1.29, 1.82) is 0 Å². The van der Waals surface area contributed by atoms with Crippen LogP contribution in [0.4, 0.5) is 26.3 Å². The van der Waals surface area contributed by atoms with E-state index in [1.807, 2.05) is 30.3 Å². The number of piperidine rings is 1. The number of nitrogens with one attached hydrogen (secondary N) is 1. The van der Waals surface area contributed by atoms with E-state index in [-0.39, 0.29) is 35.9 Å². The van der Waals surface area contributed by atoms with Crippen molar-refractivity contribution in [3.63, 3.8) is 0 Å². The summed E-state index contributed by atoms with van der Waals surface area (Å²) in [6.07, 6.45) is -9.22. The van der Waals surface area contributed by atoms with Crippen molar-refractivity contribution in [2.75, 3.05) is 13.1 Å². The summed E-state index contributed by atoms with van der Waals surface area (Å²) in [5.41, 5.74) is -2.40. The van der Waals surface area contributed by atoms with Crippen molar-refractivity contribution in [2.24, 2.45) is 0 Å². The second-order valence-electron chi connectivity index (χ2n) is 7.79. The molecular weight excluding hydrogens is 444 g/mol. The number of halogens is 7. The van der Waals surface area contributed by atoms with Crippen LogP contribution in [0.3, 0.4) is 0 Å². The Labute approximate surface area is 183 Å². The van der Waals surface area contributed by atoms with Gasteiger partial charge in [0.05, 0.1) is 17.2 Å². The van der Waals surface area contributed by atoms with Gasteiger partial charge in [-0.25, -0.2) is 0 Å². The average molecular weight is 468 g/mol. The first-order valence-corrected chi connectivity index (χ1v) is 9.75. The zero-order valence-electron chi connectivity index (χ0n) is 16.6. The molecule has 2 N–H and O–H groups in total. The van der Waals surface area contributed by atoms with E-state index in [0.29, 0.717) is 18.6 Å². The maximum absolute atomic E-state index is 13.1. The van der Waals surface area contributed by atoms with Gasteiger partial charge in [0.15, 0.2) is 0 Å². The molecule has 0 unspecified atom stereocenters. The molecule has 0 saturated carbocycles. The van der Waals surface area contributed by atoms with Crippen LogP contribution in [0.2, 0.25) is 0 Å². The monoisotopic (exact) mass is 467 g/mol. The Morgan fingerprint density at radius 1 is 0.871 bits per heavy atom. The van der Waals surface area contributed by atoms with E-state index >= 15 is 0 Å². The third kappa shape index (κ3) is 6.14. The summed E-state index contributed by atoms with van der Waals surface area (Å²) < 4.78 is 78.6. The number of hydrogen-bond acceptors (Lipinski definition) is 2. The summed E-state index contributed by atoms with van der Waals surface area (Å²) >= 11 is 0. The molecule has 172 valence electrons. The summed E-state index contributed by atoms with van der Waals surface area (Å²) in [7, 11) is 0. The minimum atomic E-state index is -4.93. The van der Waals surface area contributed by atoms with Crippen LogP contribution >= 0.6 is 12.4 Å². The van der Waals surface area contributed by atoms with E-state index in [4.69, 9.17) is 0 Å². The summed E-state index contributed by atoms with van der Waals surface area (Å²) in [4.78, 5) is 0. The maximum Gasteiger partial charge on any atom is 0.416 e. The predicted molar refractivity (Wildman–Crippen MR) is 108 cm³/mol. The molecule has 1 atom stereocenters. The van der Waals surface area contributed by atoms with Gasteiger partial charge in [-0.1, -0.05) is 30.3 Å². The van der Waals surface area contributed by atoms with Crippen LogP contribution < -0.4 is 5.32 Å². The van der Waals surface area contributed by atoms with Crippen molar-refractivity contribution in [3.8, 4) is 0 Å². The van der Waals surface area contributed by atoms with Crippen LogP contribution in [0.15, 0.2) is 48.5 Å². The fraction of sp³-hybridized carbons (Fsp3) is 0.455. The van der Waals surface area contributed by atoms with Gasteiger partial charge in [-0.2, -0.15) is 26.3 Å². The van der Waals surface area contributed by atoms with E-state index in [9.17, 15) is 31.4 Å². The lowest BCUT2D eigenvalue weighted by atomic mass is 9.69. The molecule has 1 aliphatic heterocycles. The molecule has 0 amide bonds. The summed E-state index contributed by atoms with van der Waals surface area (Å²) in [5, 5.41) is 13.8. The lowest BCUT2D eigenvalue weighted by Gasteiger charge is -2.39. The lowest BCUT2D eigenvalue weighted by Crippen LogP contribution is -2.40. The van der Waals surface area contributed by atoms with Crippen molar-refractivity contribution in [2.45, 2.75) is 49.6 Å². The van der Waals surface area contributed by atoms with Crippen molar-refractivity contribution in [1.82, 2.24) is 5.32 Å². The fourth-order valence-electron chi connectivity index (χ4n) is 4.13. The standard InChI is InChI=1S/C22H23F6NO.ClH/c23-21(24,25)17-12-15(13-18(14-17)22(26,27)28)19(30)6-7-20(8-10-29-11-9-20)16-4-2-1-3-5-16;/h1-5,12-14,19,29-30H,6-11H2;1H/t19-;/m0./s1. The van der Waals surface area contributed by atoms with Crippen LogP contribution in [-0.4, -0.2) is 18.2 Å². The highest BCUT2D eigenvalue weighted by Crippen LogP contribution is 2.41. The van der Waals surface area contributed by atoms with Crippen molar-refractivity contribution < 1.29 is 31.4 Å². The van der Waals surface area contributed by atoms with Gasteiger partial charge in [0, 0.05) is 0 Å². The van der Waals surface area contributed by atoms with Crippen molar-refractivity contribution in [3.05, 3.63) is 70.8 Å². The van der Waals surface area contributed by atoms with Gasteiger partial charge >= 0.3 is 12.4 Å². The average Bonchev–Trinajstić information content (AvgIpc) is 2.72. The summed E-state index contributed by atoms with van der Waals surface area (Å²) in [6, 6.07) is 10.9. The van der Waals surface area contributed by atoms with Crippen LogP contribution in [0, 0.1) is 0 Å². The van der Waals surface area contributed by atoms with Gasteiger partial charge in [-0.15, -0.1) is 12.4 Å². The normalized spacial score (nSPS) is 17.6. The molecule has 0 aromatic heterocycles. The van der Waals surface area contributed by atoms with Crippen LogP contribution in [-0.2, 0) is 17.8 Å². The van der Waals surface area contributed by atoms with Gasteiger partial charge in [0.1, 0.15) is 0 Å².